The molecule has 1 amide bonds. The van der Waals surface area contributed by atoms with Crippen LogP contribution in [0.4, 0.5) is 13.6 Å². The molecule has 9 heteroatoms. The van der Waals surface area contributed by atoms with Gasteiger partial charge < -0.3 is 9.64 Å². The van der Waals surface area contributed by atoms with Gasteiger partial charge in [0.05, 0.1) is 12.2 Å². The number of fused-ring (bicyclic) bond motifs is 1. The zero-order chi connectivity index (χ0) is 18.4. The van der Waals surface area contributed by atoms with Gasteiger partial charge in [-0.2, -0.15) is 10.1 Å². The molecule has 1 fully saturated rings. The summed E-state index contributed by atoms with van der Waals surface area (Å²) in [6.45, 7) is 6.36. The van der Waals surface area contributed by atoms with E-state index in [1.54, 1.807) is 33.8 Å². The van der Waals surface area contributed by atoms with Crippen molar-refractivity contribution in [3.63, 3.8) is 0 Å². The van der Waals surface area contributed by atoms with Crippen molar-refractivity contribution in [2.75, 3.05) is 13.1 Å². The molecule has 2 aromatic heterocycles. The van der Waals surface area contributed by atoms with Crippen LogP contribution in [-0.4, -0.2) is 55.2 Å². The number of hydrogen-bond donors (Lipinski definition) is 0. The number of carbonyl (C=O) groups is 1. The maximum Gasteiger partial charge on any atom is 0.410 e. The number of rotatable bonds is 1. The minimum Gasteiger partial charge on any atom is -0.444 e. The maximum atomic E-state index is 14.3. The summed E-state index contributed by atoms with van der Waals surface area (Å²) in [5, 5.41) is 4.08. The molecule has 1 saturated heterocycles. The highest BCUT2D eigenvalue weighted by molar-refractivity contribution is 5.68. The molecule has 136 valence electrons. The molecule has 0 N–H and O–H groups in total. The van der Waals surface area contributed by atoms with Gasteiger partial charge in [0, 0.05) is 24.6 Å². The van der Waals surface area contributed by atoms with Gasteiger partial charge in [0.25, 0.3) is 11.7 Å². The number of aryl methyl sites for hydroxylation is 1. The molecule has 0 radical (unpaired) electrons. The topological polar surface area (TPSA) is 72.6 Å². The summed E-state index contributed by atoms with van der Waals surface area (Å²) in [6, 6.07) is 1.71. The van der Waals surface area contributed by atoms with Crippen molar-refractivity contribution in [2.45, 2.75) is 51.6 Å². The molecule has 7 nitrogen and oxygen atoms in total. The number of alkyl halides is 2. The van der Waals surface area contributed by atoms with Gasteiger partial charge in [0.15, 0.2) is 0 Å². The number of amides is 1. The van der Waals surface area contributed by atoms with Crippen molar-refractivity contribution in [1.29, 1.82) is 0 Å². The second-order valence-corrected chi connectivity index (χ2v) is 7.41. The number of nitrogens with zero attached hydrogens (tertiary/aromatic N) is 5. The Morgan fingerprint density at radius 2 is 2.12 bits per heavy atom. The number of likely N-dealkylation sites (tertiary alicyclic amines) is 1. The van der Waals surface area contributed by atoms with Crippen molar-refractivity contribution >= 4 is 11.9 Å². The summed E-state index contributed by atoms with van der Waals surface area (Å²) in [7, 11) is 0. The van der Waals surface area contributed by atoms with E-state index < -0.39 is 30.1 Å². The Morgan fingerprint density at radius 1 is 1.40 bits per heavy atom. The van der Waals surface area contributed by atoms with Gasteiger partial charge >= 0.3 is 6.09 Å². The van der Waals surface area contributed by atoms with Gasteiger partial charge in [-0.1, -0.05) is 0 Å². The standard InChI is InChI=1S/C16H21F2N5O2/c1-10-5-12(23-13(21-10)19-9-20-23)11-6-16(17,18)8-22(7-11)14(24)25-15(2,3)4/h5,9,11H,6-8H2,1-4H3. The van der Waals surface area contributed by atoms with Crippen molar-refractivity contribution < 1.29 is 18.3 Å². The van der Waals surface area contributed by atoms with Crippen LogP contribution in [0.1, 0.15) is 44.5 Å². The summed E-state index contributed by atoms with van der Waals surface area (Å²) < 4.78 is 35.3. The van der Waals surface area contributed by atoms with Gasteiger partial charge in [-0.05, 0) is 33.8 Å². The maximum absolute atomic E-state index is 14.3. The Morgan fingerprint density at radius 3 is 2.80 bits per heavy atom. The van der Waals surface area contributed by atoms with Crippen molar-refractivity contribution in [3.05, 3.63) is 23.8 Å². The Labute approximate surface area is 144 Å². The van der Waals surface area contributed by atoms with E-state index in [2.05, 4.69) is 15.1 Å². The van der Waals surface area contributed by atoms with Gasteiger partial charge in [0.2, 0.25) is 0 Å². The first-order chi connectivity index (χ1) is 11.5. The van der Waals surface area contributed by atoms with E-state index in [-0.39, 0.29) is 13.0 Å². The fourth-order valence-corrected chi connectivity index (χ4v) is 3.01. The van der Waals surface area contributed by atoms with E-state index in [4.69, 9.17) is 4.74 Å². The number of aromatic nitrogens is 4. The van der Waals surface area contributed by atoms with Crippen molar-refractivity contribution in [3.8, 4) is 0 Å². The van der Waals surface area contributed by atoms with Gasteiger partial charge in [0.1, 0.15) is 11.9 Å². The predicted octanol–water partition coefficient (Wildman–Crippen LogP) is 2.79. The van der Waals surface area contributed by atoms with E-state index in [9.17, 15) is 13.6 Å². The fraction of sp³-hybridized carbons (Fsp3) is 0.625. The molecular formula is C16H21F2N5O2. The minimum absolute atomic E-state index is 0.128. The van der Waals surface area contributed by atoms with E-state index >= 15 is 0 Å². The van der Waals surface area contributed by atoms with Crippen LogP contribution in [0, 0.1) is 6.92 Å². The molecule has 0 aliphatic carbocycles. The fourth-order valence-electron chi connectivity index (χ4n) is 3.01. The van der Waals surface area contributed by atoms with Gasteiger partial charge in [-0.15, -0.1) is 0 Å². The Kier molecular flexibility index (Phi) is 4.12. The van der Waals surface area contributed by atoms with Crippen molar-refractivity contribution in [1.82, 2.24) is 24.5 Å². The molecule has 1 aliphatic heterocycles. The lowest BCUT2D eigenvalue weighted by Crippen LogP contribution is -2.50. The van der Waals surface area contributed by atoms with E-state index in [0.29, 0.717) is 17.2 Å². The monoisotopic (exact) mass is 353 g/mol. The van der Waals surface area contributed by atoms with E-state index in [0.717, 1.165) is 4.90 Å². The second kappa shape index (κ2) is 5.89. The first-order valence-electron chi connectivity index (χ1n) is 8.07. The van der Waals surface area contributed by atoms with E-state index in [1.807, 2.05) is 0 Å². The molecule has 1 unspecified atom stereocenters. The van der Waals surface area contributed by atoms with Crippen molar-refractivity contribution in [2.24, 2.45) is 0 Å². The molecule has 25 heavy (non-hydrogen) atoms. The summed E-state index contributed by atoms with van der Waals surface area (Å²) in [6.07, 6.45) is 0.222. The molecule has 0 spiro atoms. The number of ether oxygens (including phenoxy) is 1. The molecule has 1 aliphatic rings. The third-order valence-electron chi connectivity index (χ3n) is 3.89. The minimum atomic E-state index is -3.01. The molecule has 0 bridgehead atoms. The molecule has 2 aromatic rings. The zero-order valence-electron chi connectivity index (χ0n) is 14.7. The highest BCUT2D eigenvalue weighted by atomic mass is 19.3. The van der Waals surface area contributed by atoms with Crippen LogP contribution in [0.15, 0.2) is 12.4 Å². The number of hydrogen-bond acceptors (Lipinski definition) is 5. The lowest BCUT2D eigenvalue weighted by molar-refractivity contribution is -0.0761. The third-order valence-corrected chi connectivity index (χ3v) is 3.89. The predicted molar refractivity (Wildman–Crippen MR) is 85.6 cm³/mol. The van der Waals surface area contributed by atoms with Crippen LogP contribution < -0.4 is 0 Å². The lowest BCUT2D eigenvalue weighted by Gasteiger charge is -2.38. The summed E-state index contributed by atoms with van der Waals surface area (Å²) in [5.41, 5.74) is 0.479. The molecule has 1 atom stereocenters. The molecule has 0 saturated carbocycles. The Hall–Kier alpha value is -2.32. The summed E-state index contributed by atoms with van der Waals surface area (Å²) in [5.74, 6) is -3.25. The van der Waals surface area contributed by atoms with Gasteiger partial charge in [-0.3, -0.25) is 0 Å². The first-order valence-corrected chi connectivity index (χ1v) is 8.07. The quantitative estimate of drug-likeness (QED) is 0.788. The summed E-state index contributed by atoms with van der Waals surface area (Å²) >= 11 is 0. The Bertz CT molecular complexity index is 799. The summed E-state index contributed by atoms with van der Waals surface area (Å²) in [4.78, 5) is 21.6. The average molecular weight is 353 g/mol. The van der Waals surface area contributed by atoms with Crippen LogP contribution in [0.5, 0.6) is 0 Å². The van der Waals surface area contributed by atoms with Crippen LogP contribution >= 0.6 is 0 Å². The largest absolute Gasteiger partial charge is 0.444 e. The van der Waals surface area contributed by atoms with E-state index in [1.165, 1.54) is 10.8 Å². The van der Waals surface area contributed by atoms with Crippen LogP contribution in [0.2, 0.25) is 0 Å². The molecular weight excluding hydrogens is 332 g/mol. The van der Waals surface area contributed by atoms with Crippen LogP contribution in [-0.2, 0) is 4.74 Å². The molecule has 3 heterocycles. The van der Waals surface area contributed by atoms with Crippen LogP contribution in [0.25, 0.3) is 5.78 Å². The number of halogens is 2. The normalized spacial score (nSPS) is 20.7. The third kappa shape index (κ3) is 3.85. The van der Waals surface area contributed by atoms with Crippen LogP contribution in [0.3, 0.4) is 0 Å². The van der Waals surface area contributed by atoms with Gasteiger partial charge in [-0.25, -0.2) is 23.1 Å². The first kappa shape index (κ1) is 17.5. The second-order valence-electron chi connectivity index (χ2n) is 7.41. The SMILES string of the molecule is Cc1cc(C2CN(C(=O)OC(C)(C)C)CC(F)(F)C2)n2ncnc2n1. The molecule has 3 rings (SSSR count). The molecule has 0 aromatic carbocycles. The zero-order valence-corrected chi connectivity index (χ0v) is 14.7. The average Bonchev–Trinajstić information content (AvgIpc) is 2.90. The number of carbonyl (C=O) groups excluding carboxylic acids is 1. The lowest BCUT2D eigenvalue weighted by atomic mass is 9.92. The highest BCUT2D eigenvalue weighted by Crippen LogP contribution is 2.36. The number of piperidine rings is 1. The smallest absolute Gasteiger partial charge is 0.410 e. The highest BCUT2D eigenvalue weighted by Gasteiger charge is 2.44. The Balaban J connectivity index is 1.93.